The quantitative estimate of drug-likeness (QED) is 0.778. The predicted molar refractivity (Wildman–Crippen MR) is 69.0 cm³/mol. The van der Waals surface area contributed by atoms with Crippen LogP contribution in [0.25, 0.3) is 0 Å². The molecule has 0 aliphatic rings. The molecular weight excluding hydrogens is 251 g/mol. The van der Waals surface area contributed by atoms with Crippen molar-refractivity contribution in [2.75, 3.05) is 5.75 Å². The summed E-state index contributed by atoms with van der Waals surface area (Å²) >= 11 is 1.34. The van der Waals surface area contributed by atoms with Crippen molar-refractivity contribution in [2.24, 2.45) is 7.05 Å². The molecular formula is C13H13FN2OS. The van der Waals surface area contributed by atoms with Crippen molar-refractivity contribution >= 4 is 17.5 Å². The van der Waals surface area contributed by atoms with E-state index in [4.69, 9.17) is 0 Å². The number of aromatic nitrogens is 2. The third-order valence-corrected chi connectivity index (χ3v) is 3.40. The number of halogens is 1. The first kappa shape index (κ1) is 12.8. The summed E-state index contributed by atoms with van der Waals surface area (Å²) in [6, 6.07) is 8.08. The Bertz CT molecular complexity index is 553. The van der Waals surface area contributed by atoms with Gasteiger partial charge in [0.15, 0.2) is 0 Å². The fraction of sp³-hybridized carbons (Fsp3) is 0.231. The summed E-state index contributed by atoms with van der Waals surface area (Å²) in [7, 11) is 1.81. The van der Waals surface area contributed by atoms with E-state index in [1.807, 2.05) is 19.3 Å². The molecule has 0 aliphatic heterocycles. The van der Waals surface area contributed by atoms with Crippen molar-refractivity contribution < 1.29 is 9.18 Å². The molecule has 0 aliphatic carbocycles. The van der Waals surface area contributed by atoms with Gasteiger partial charge in [-0.1, -0.05) is 6.07 Å². The third-order valence-electron chi connectivity index (χ3n) is 2.34. The van der Waals surface area contributed by atoms with Crippen LogP contribution in [-0.4, -0.2) is 21.3 Å². The second-order valence-corrected chi connectivity index (χ2v) is 4.99. The lowest BCUT2D eigenvalue weighted by atomic mass is 10.2. The summed E-state index contributed by atoms with van der Waals surface area (Å²) in [5.41, 5.74) is 0.766. The van der Waals surface area contributed by atoms with Crippen LogP contribution in [0.4, 0.5) is 4.39 Å². The summed E-state index contributed by atoms with van der Waals surface area (Å²) in [5, 5.41) is 4.15. The molecule has 0 N–H and O–H groups in total. The zero-order valence-corrected chi connectivity index (χ0v) is 10.8. The first-order chi connectivity index (χ1) is 8.63. The van der Waals surface area contributed by atoms with Crippen LogP contribution >= 0.6 is 11.8 Å². The highest BCUT2D eigenvalue weighted by atomic mass is 32.2. The topological polar surface area (TPSA) is 34.9 Å². The van der Waals surface area contributed by atoms with E-state index in [1.165, 1.54) is 23.9 Å². The standard InChI is InChI=1S/C13H13FN2OS/c1-16-6-5-11(15-16)8-12(17)9-18-13-4-2-3-10(14)7-13/h2-7H,8-9H2,1H3. The second-order valence-electron chi connectivity index (χ2n) is 3.94. The van der Waals surface area contributed by atoms with Crippen LogP contribution in [0.1, 0.15) is 5.69 Å². The predicted octanol–water partition coefficient (Wildman–Crippen LogP) is 2.46. The fourth-order valence-corrected chi connectivity index (χ4v) is 2.33. The van der Waals surface area contributed by atoms with Crippen LogP contribution in [-0.2, 0) is 18.3 Å². The number of ketones is 1. The monoisotopic (exact) mass is 264 g/mol. The van der Waals surface area contributed by atoms with Gasteiger partial charge in [-0.3, -0.25) is 9.48 Å². The first-order valence-electron chi connectivity index (χ1n) is 5.52. The Balaban J connectivity index is 1.85. The molecule has 0 saturated heterocycles. The number of Topliss-reactive ketones (excluding diaryl/α,β-unsaturated/α-hetero) is 1. The Morgan fingerprint density at radius 2 is 2.28 bits per heavy atom. The Kier molecular flexibility index (Phi) is 4.15. The molecule has 18 heavy (non-hydrogen) atoms. The molecule has 0 spiro atoms. The van der Waals surface area contributed by atoms with E-state index < -0.39 is 0 Å². The lowest BCUT2D eigenvalue weighted by Crippen LogP contribution is -2.06. The van der Waals surface area contributed by atoms with Crippen LogP contribution in [0.3, 0.4) is 0 Å². The van der Waals surface area contributed by atoms with E-state index >= 15 is 0 Å². The van der Waals surface area contributed by atoms with Gasteiger partial charge in [-0.15, -0.1) is 11.8 Å². The molecule has 1 aromatic heterocycles. The molecule has 0 saturated carbocycles. The number of nitrogens with zero attached hydrogens (tertiary/aromatic N) is 2. The summed E-state index contributed by atoms with van der Waals surface area (Å²) in [6.07, 6.45) is 2.13. The van der Waals surface area contributed by atoms with E-state index in [0.29, 0.717) is 12.2 Å². The molecule has 0 unspecified atom stereocenters. The summed E-state index contributed by atoms with van der Waals surface area (Å²) in [5.74, 6) is 0.139. The number of thioether (sulfide) groups is 1. The molecule has 0 amide bonds. The van der Waals surface area contributed by atoms with Crippen molar-refractivity contribution in [1.82, 2.24) is 9.78 Å². The highest BCUT2D eigenvalue weighted by molar-refractivity contribution is 8.00. The lowest BCUT2D eigenvalue weighted by molar-refractivity contribution is -0.116. The van der Waals surface area contributed by atoms with Crippen LogP contribution in [0.15, 0.2) is 41.4 Å². The SMILES string of the molecule is Cn1ccc(CC(=O)CSc2cccc(F)c2)n1. The van der Waals surface area contributed by atoms with Crippen molar-refractivity contribution in [3.63, 3.8) is 0 Å². The minimum Gasteiger partial charge on any atom is -0.298 e. The molecule has 1 aromatic carbocycles. The van der Waals surface area contributed by atoms with E-state index in [0.717, 1.165) is 10.6 Å². The number of hydrogen-bond donors (Lipinski definition) is 0. The van der Waals surface area contributed by atoms with Gasteiger partial charge in [0.05, 0.1) is 17.9 Å². The molecule has 5 heteroatoms. The van der Waals surface area contributed by atoms with Crippen molar-refractivity contribution in [3.8, 4) is 0 Å². The summed E-state index contributed by atoms with van der Waals surface area (Å²) in [6.45, 7) is 0. The average Bonchev–Trinajstić information content (AvgIpc) is 2.72. The molecule has 0 bridgehead atoms. The number of benzene rings is 1. The zero-order chi connectivity index (χ0) is 13.0. The number of rotatable bonds is 5. The van der Waals surface area contributed by atoms with E-state index in [2.05, 4.69) is 5.10 Å². The van der Waals surface area contributed by atoms with Gasteiger partial charge in [-0.2, -0.15) is 5.10 Å². The average molecular weight is 264 g/mol. The maximum absolute atomic E-state index is 12.9. The van der Waals surface area contributed by atoms with Crippen LogP contribution in [0.5, 0.6) is 0 Å². The lowest BCUT2D eigenvalue weighted by Gasteiger charge is -2.00. The molecule has 0 radical (unpaired) electrons. The molecule has 1 heterocycles. The first-order valence-corrected chi connectivity index (χ1v) is 6.50. The van der Waals surface area contributed by atoms with Crippen molar-refractivity contribution in [3.05, 3.63) is 48.0 Å². The highest BCUT2D eigenvalue weighted by Crippen LogP contribution is 2.18. The maximum atomic E-state index is 12.9. The smallest absolute Gasteiger partial charge is 0.149 e. The number of carbonyl (C=O) groups excluding carboxylic acids is 1. The minimum absolute atomic E-state index is 0.0861. The molecule has 94 valence electrons. The van der Waals surface area contributed by atoms with Crippen LogP contribution < -0.4 is 0 Å². The Morgan fingerprint density at radius 3 is 2.94 bits per heavy atom. The highest BCUT2D eigenvalue weighted by Gasteiger charge is 2.07. The van der Waals surface area contributed by atoms with Gasteiger partial charge >= 0.3 is 0 Å². The van der Waals surface area contributed by atoms with Gasteiger partial charge < -0.3 is 0 Å². The van der Waals surface area contributed by atoms with Gasteiger partial charge in [-0.05, 0) is 24.3 Å². The molecule has 0 atom stereocenters. The Morgan fingerprint density at radius 1 is 1.44 bits per heavy atom. The van der Waals surface area contributed by atoms with Gasteiger partial charge in [0, 0.05) is 18.1 Å². The summed E-state index contributed by atoms with van der Waals surface area (Å²) < 4.78 is 14.6. The fourth-order valence-electron chi connectivity index (χ4n) is 1.53. The molecule has 0 fully saturated rings. The second kappa shape index (κ2) is 5.82. The van der Waals surface area contributed by atoms with E-state index in [1.54, 1.807) is 16.8 Å². The third kappa shape index (κ3) is 3.70. The van der Waals surface area contributed by atoms with Gasteiger partial charge in [0.2, 0.25) is 0 Å². The van der Waals surface area contributed by atoms with Crippen LogP contribution in [0.2, 0.25) is 0 Å². The Hall–Kier alpha value is -1.62. The van der Waals surface area contributed by atoms with Gasteiger partial charge in [-0.25, -0.2) is 4.39 Å². The van der Waals surface area contributed by atoms with Crippen molar-refractivity contribution in [2.45, 2.75) is 11.3 Å². The van der Waals surface area contributed by atoms with Gasteiger partial charge in [0.25, 0.3) is 0 Å². The van der Waals surface area contributed by atoms with Crippen molar-refractivity contribution in [1.29, 1.82) is 0 Å². The minimum atomic E-state index is -0.280. The zero-order valence-electron chi connectivity index (χ0n) is 9.97. The van der Waals surface area contributed by atoms with E-state index in [-0.39, 0.29) is 11.6 Å². The molecule has 3 nitrogen and oxygen atoms in total. The van der Waals surface area contributed by atoms with E-state index in [9.17, 15) is 9.18 Å². The van der Waals surface area contributed by atoms with Gasteiger partial charge in [0.1, 0.15) is 11.6 Å². The number of hydrogen-bond acceptors (Lipinski definition) is 3. The normalized spacial score (nSPS) is 10.6. The molecule has 2 aromatic rings. The van der Waals surface area contributed by atoms with Crippen LogP contribution in [0, 0.1) is 5.82 Å². The molecule has 2 rings (SSSR count). The Labute approximate surface area is 109 Å². The largest absolute Gasteiger partial charge is 0.298 e. The maximum Gasteiger partial charge on any atom is 0.149 e. The number of carbonyl (C=O) groups is 1. The number of aryl methyl sites for hydroxylation is 1. The summed E-state index contributed by atoms with van der Waals surface area (Å²) in [4.78, 5) is 12.5.